The van der Waals surface area contributed by atoms with Crippen LogP contribution in [0.3, 0.4) is 0 Å². The van der Waals surface area contributed by atoms with Crippen LogP contribution in [0.4, 0.5) is 11.5 Å². The molecule has 0 unspecified atom stereocenters. The van der Waals surface area contributed by atoms with Crippen LogP contribution in [0.2, 0.25) is 5.15 Å². The molecule has 0 atom stereocenters. The summed E-state index contributed by atoms with van der Waals surface area (Å²) in [7, 11) is 1.54. The zero-order valence-corrected chi connectivity index (χ0v) is 11.2. The third kappa shape index (κ3) is 2.75. The van der Waals surface area contributed by atoms with Gasteiger partial charge in [0.15, 0.2) is 0 Å². The first kappa shape index (κ1) is 13.1. The van der Waals surface area contributed by atoms with E-state index in [4.69, 9.17) is 21.6 Å². The molecule has 0 amide bonds. The predicted molar refractivity (Wildman–Crippen MR) is 72.8 cm³/mol. The second-order valence-electron chi connectivity index (χ2n) is 3.79. The van der Waals surface area contributed by atoms with E-state index in [-0.39, 0.29) is 0 Å². The molecule has 1 heterocycles. The number of aromatic nitrogens is 2. The number of halogens is 1. The zero-order chi connectivity index (χ0) is 13.8. The van der Waals surface area contributed by atoms with Gasteiger partial charge in [-0.25, -0.2) is 9.97 Å². The number of methoxy groups -OCH3 is 1. The molecule has 6 heteroatoms. The largest absolute Gasteiger partial charge is 0.495 e. The molecule has 1 aromatic heterocycles. The highest BCUT2D eigenvalue weighted by Gasteiger charge is 2.09. The van der Waals surface area contributed by atoms with Crippen molar-refractivity contribution in [3.05, 3.63) is 40.8 Å². The smallest absolute Gasteiger partial charge is 0.143 e. The van der Waals surface area contributed by atoms with Crippen molar-refractivity contribution in [2.45, 2.75) is 6.92 Å². The number of ether oxygens (including phenoxy) is 1. The molecule has 0 saturated heterocycles. The first-order valence-electron chi connectivity index (χ1n) is 5.48. The summed E-state index contributed by atoms with van der Waals surface area (Å²) in [5, 5.41) is 12.4. The average Bonchev–Trinajstić information content (AvgIpc) is 2.44. The van der Waals surface area contributed by atoms with E-state index in [1.54, 1.807) is 25.3 Å². The van der Waals surface area contributed by atoms with Crippen molar-refractivity contribution < 1.29 is 4.74 Å². The molecule has 0 radical (unpaired) electrons. The second kappa shape index (κ2) is 5.55. The number of hydrogen-bond donors (Lipinski definition) is 1. The molecule has 0 aliphatic heterocycles. The Bertz CT molecular complexity index is 652. The number of hydrogen-bond acceptors (Lipinski definition) is 5. The standard InChI is InChI=1S/C13H11ClN4O/c1-8-12(14)16-7-17-13(8)18-10-4-3-9(6-15)5-11(10)19-2/h3-5,7H,1-2H3,(H,16,17,18). The maximum absolute atomic E-state index is 8.85. The van der Waals surface area contributed by atoms with Crippen LogP contribution in [0.15, 0.2) is 24.5 Å². The zero-order valence-electron chi connectivity index (χ0n) is 10.4. The fourth-order valence-corrected chi connectivity index (χ4v) is 1.68. The monoisotopic (exact) mass is 274 g/mol. The number of nitrogens with zero attached hydrogens (tertiary/aromatic N) is 3. The number of rotatable bonds is 3. The molecule has 19 heavy (non-hydrogen) atoms. The Hall–Kier alpha value is -2.32. The molecule has 0 spiro atoms. The molecule has 0 fully saturated rings. The van der Waals surface area contributed by atoms with Gasteiger partial charge in [-0.3, -0.25) is 0 Å². The van der Waals surface area contributed by atoms with Gasteiger partial charge in [0.1, 0.15) is 23.0 Å². The van der Waals surface area contributed by atoms with E-state index in [1.807, 2.05) is 6.92 Å². The van der Waals surface area contributed by atoms with Crippen molar-refractivity contribution >= 4 is 23.1 Å². The highest BCUT2D eigenvalue weighted by molar-refractivity contribution is 6.30. The Balaban J connectivity index is 2.38. The summed E-state index contributed by atoms with van der Waals surface area (Å²) in [6.07, 6.45) is 1.38. The van der Waals surface area contributed by atoms with Gasteiger partial charge >= 0.3 is 0 Å². The van der Waals surface area contributed by atoms with Gasteiger partial charge in [-0.1, -0.05) is 11.6 Å². The molecule has 1 aromatic carbocycles. The lowest BCUT2D eigenvalue weighted by molar-refractivity contribution is 0.416. The van der Waals surface area contributed by atoms with E-state index in [1.165, 1.54) is 6.33 Å². The summed E-state index contributed by atoms with van der Waals surface area (Å²) in [5.74, 6) is 1.16. The Morgan fingerprint density at radius 2 is 2.16 bits per heavy atom. The van der Waals surface area contributed by atoms with Crippen LogP contribution in [0.25, 0.3) is 0 Å². The molecule has 96 valence electrons. The average molecular weight is 275 g/mol. The molecule has 0 aliphatic rings. The van der Waals surface area contributed by atoms with Gasteiger partial charge in [-0.15, -0.1) is 0 Å². The van der Waals surface area contributed by atoms with Gasteiger partial charge in [-0.2, -0.15) is 5.26 Å². The Kier molecular flexibility index (Phi) is 3.83. The van der Waals surface area contributed by atoms with E-state index in [0.29, 0.717) is 28.0 Å². The minimum atomic E-state index is 0.394. The lowest BCUT2D eigenvalue weighted by Gasteiger charge is -2.12. The first-order valence-corrected chi connectivity index (χ1v) is 5.85. The summed E-state index contributed by atoms with van der Waals surface area (Å²) >= 11 is 5.94. The third-order valence-electron chi connectivity index (χ3n) is 2.61. The molecule has 0 bridgehead atoms. The van der Waals surface area contributed by atoms with Crippen molar-refractivity contribution in [2.75, 3.05) is 12.4 Å². The van der Waals surface area contributed by atoms with Crippen molar-refractivity contribution in [3.63, 3.8) is 0 Å². The molecular formula is C13H11ClN4O. The van der Waals surface area contributed by atoms with Gasteiger partial charge in [-0.05, 0) is 19.1 Å². The van der Waals surface area contributed by atoms with E-state index in [0.717, 1.165) is 5.56 Å². The van der Waals surface area contributed by atoms with Crippen LogP contribution < -0.4 is 10.1 Å². The summed E-state index contributed by atoms with van der Waals surface area (Å²) < 4.78 is 5.24. The summed E-state index contributed by atoms with van der Waals surface area (Å²) in [4.78, 5) is 8.02. The number of benzene rings is 1. The van der Waals surface area contributed by atoms with Crippen LogP contribution in [-0.4, -0.2) is 17.1 Å². The maximum Gasteiger partial charge on any atom is 0.143 e. The highest BCUT2D eigenvalue weighted by Crippen LogP contribution is 2.29. The maximum atomic E-state index is 8.85. The summed E-state index contributed by atoms with van der Waals surface area (Å²) in [5.41, 5.74) is 1.98. The molecule has 1 N–H and O–H groups in total. The van der Waals surface area contributed by atoms with Crippen LogP contribution >= 0.6 is 11.6 Å². The lowest BCUT2D eigenvalue weighted by Crippen LogP contribution is -2.00. The van der Waals surface area contributed by atoms with Crippen molar-refractivity contribution in [2.24, 2.45) is 0 Å². The van der Waals surface area contributed by atoms with Crippen molar-refractivity contribution in [3.8, 4) is 11.8 Å². The lowest BCUT2D eigenvalue weighted by atomic mass is 10.2. The summed E-state index contributed by atoms with van der Waals surface area (Å²) in [6.45, 7) is 1.82. The van der Waals surface area contributed by atoms with Crippen LogP contribution in [0.5, 0.6) is 5.75 Å². The van der Waals surface area contributed by atoms with Gasteiger partial charge in [0.25, 0.3) is 0 Å². The topological polar surface area (TPSA) is 70.8 Å². The van der Waals surface area contributed by atoms with Gasteiger partial charge in [0.05, 0.1) is 24.4 Å². The Morgan fingerprint density at radius 1 is 1.37 bits per heavy atom. The number of nitrogens with one attached hydrogen (secondary N) is 1. The van der Waals surface area contributed by atoms with E-state index in [2.05, 4.69) is 21.4 Å². The predicted octanol–water partition coefficient (Wildman–Crippen LogP) is 3.06. The van der Waals surface area contributed by atoms with Gasteiger partial charge in [0, 0.05) is 11.6 Å². The normalized spacial score (nSPS) is 9.79. The van der Waals surface area contributed by atoms with Crippen LogP contribution in [-0.2, 0) is 0 Å². The Morgan fingerprint density at radius 3 is 2.84 bits per heavy atom. The third-order valence-corrected chi connectivity index (χ3v) is 2.99. The molecule has 2 aromatic rings. The minimum absolute atomic E-state index is 0.394. The first-order chi connectivity index (χ1) is 9.15. The second-order valence-corrected chi connectivity index (χ2v) is 4.15. The van der Waals surface area contributed by atoms with Gasteiger partial charge < -0.3 is 10.1 Å². The van der Waals surface area contributed by atoms with Crippen molar-refractivity contribution in [1.82, 2.24) is 9.97 Å². The molecule has 0 saturated carbocycles. The molecular weight excluding hydrogens is 264 g/mol. The number of nitriles is 1. The van der Waals surface area contributed by atoms with E-state index >= 15 is 0 Å². The van der Waals surface area contributed by atoms with Crippen molar-refractivity contribution in [1.29, 1.82) is 5.26 Å². The molecule has 2 rings (SSSR count). The fourth-order valence-electron chi connectivity index (χ4n) is 1.55. The minimum Gasteiger partial charge on any atom is -0.495 e. The SMILES string of the molecule is COc1cc(C#N)ccc1Nc1ncnc(Cl)c1C. The molecule has 5 nitrogen and oxygen atoms in total. The van der Waals surface area contributed by atoms with E-state index < -0.39 is 0 Å². The highest BCUT2D eigenvalue weighted by atomic mass is 35.5. The van der Waals surface area contributed by atoms with E-state index in [9.17, 15) is 0 Å². The van der Waals surface area contributed by atoms with Gasteiger partial charge in [0.2, 0.25) is 0 Å². The molecule has 0 aliphatic carbocycles. The number of anilines is 2. The quantitative estimate of drug-likeness (QED) is 0.871. The van der Waals surface area contributed by atoms with Crippen LogP contribution in [0, 0.1) is 18.3 Å². The Labute approximate surface area is 115 Å². The van der Waals surface area contributed by atoms with Crippen LogP contribution in [0.1, 0.15) is 11.1 Å². The fraction of sp³-hybridized carbons (Fsp3) is 0.154. The summed E-state index contributed by atoms with van der Waals surface area (Å²) in [6, 6.07) is 7.17.